The van der Waals surface area contributed by atoms with Crippen LogP contribution in [0.3, 0.4) is 0 Å². The van der Waals surface area contributed by atoms with Crippen molar-refractivity contribution >= 4 is 29.1 Å². The summed E-state index contributed by atoms with van der Waals surface area (Å²) in [7, 11) is 0. The molecule has 0 unspecified atom stereocenters. The Kier molecular flexibility index (Phi) is 5.67. The van der Waals surface area contributed by atoms with E-state index in [1.54, 1.807) is 0 Å². The van der Waals surface area contributed by atoms with Gasteiger partial charge in [-0.25, -0.2) is 0 Å². The molecule has 0 radical (unpaired) electrons. The van der Waals surface area contributed by atoms with Gasteiger partial charge in [-0.1, -0.05) is 133 Å². The number of anilines is 2. The summed E-state index contributed by atoms with van der Waals surface area (Å²) in [6.45, 7) is 0.127. The number of nitrogens with zero attached hydrogens (tertiary/aromatic N) is 1. The Morgan fingerprint density at radius 2 is 0.750 bits per heavy atom. The molecule has 2 aliphatic rings. The van der Waals surface area contributed by atoms with Crippen molar-refractivity contribution in [3.63, 3.8) is 0 Å². The highest BCUT2D eigenvalue weighted by molar-refractivity contribution is 6.92. The molecule has 2 heteroatoms. The molecule has 0 N–H and O–H groups in total. The number of hydrogen-bond acceptors (Lipinski definition) is 1. The first-order chi connectivity index (χ1) is 21.8. The van der Waals surface area contributed by atoms with Crippen molar-refractivity contribution in [3.8, 4) is 55.6 Å². The van der Waals surface area contributed by atoms with E-state index in [0.29, 0.717) is 0 Å². The summed E-state index contributed by atoms with van der Waals surface area (Å²) in [4.78, 5) is 2.56. The fourth-order valence-corrected chi connectivity index (χ4v) is 7.26. The summed E-state index contributed by atoms with van der Waals surface area (Å²) >= 11 is 0. The molecule has 0 aromatic heterocycles. The Balaban J connectivity index is 1.26. The van der Waals surface area contributed by atoms with Crippen LogP contribution in [-0.2, 0) is 0 Å². The number of benzene rings is 7. The zero-order chi connectivity index (χ0) is 29.0. The summed E-state index contributed by atoms with van der Waals surface area (Å²) in [6.07, 6.45) is 0. The van der Waals surface area contributed by atoms with Crippen molar-refractivity contribution < 1.29 is 0 Å². The smallest absolute Gasteiger partial charge is 0.329 e. The van der Waals surface area contributed by atoms with Gasteiger partial charge in [0.15, 0.2) is 0 Å². The van der Waals surface area contributed by atoms with E-state index in [1.807, 2.05) is 0 Å². The van der Waals surface area contributed by atoms with E-state index in [4.69, 9.17) is 0 Å². The van der Waals surface area contributed by atoms with E-state index in [-0.39, 0.29) is 6.85 Å². The molecule has 7 aromatic carbocycles. The standard InChI is InChI=1S/C42H28BN/c1-3-13-29(14-4-1)32-25-33(30-15-5-2-6-16-30)27-34(26-32)31-23-24-42-38(28-31)36-18-8-11-21-40(36)43-39-20-10-7-17-35(39)37-19-9-12-22-41(37)44(42)43/h1-28H. The molecular weight excluding hydrogens is 529 g/mol. The Hall–Kier alpha value is -5.60. The third-order valence-corrected chi connectivity index (χ3v) is 9.25. The van der Waals surface area contributed by atoms with E-state index in [0.717, 1.165) is 0 Å². The van der Waals surface area contributed by atoms with Crippen LogP contribution >= 0.6 is 0 Å². The predicted molar refractivity (Wildman–Crippen MR) is 187 cm³/mol. The van der Waals surface area contributed by atoms with Crippen LogP contribution in [0.5, 0.6) is 0 Å². The first kappa shape index (κ1) is 25.0. The number of fused-ring (bicyclic) bond motifs is 11. The highest BCUT2D eigenvalue weighted by Crippen LogP contribution is 2.47. The fraction of sp³-hybridized carbons (Fsp3) is 0. The molecule has 9 rings (SSSR count). The topological polar surface area (TPSA) is 3.24 Å². The third kappa shape index (κ3) is 3.88. The minimum Gasteiger partial charge on any atom is -0.376 e. The molecule has 0 atom stereocenters. The Labute approximate surface area is 258 Å². The van der Waals surface area contributed by atoms with Gasteiger partial charge in [0.05, 0.1) is 0 Å². The van der Waals surface area contributed by atoms with Crippen molar-refractivity contribution in [2.24, 2.45) is 0 Å². The highest BCUT2D eigenvalue weighted by Gasteiger charge is 2.41. The lowest BCUT2D eigenvalue weighted by Crippen LogP contribution is -2.59. The van der Waals surface area contributed by atoms with Crippen molar-refractivity contribution in [1.82, 2.24) is 0 Å². The van der Waals surface area contributed by atoms with Gasteiger partial charge in [-0.05, 0) is 91.8 Å². The molecule has 7 aromatic rings. The van der Waals surface area contributed by atoms with Gasteiger partial charge < -0.3 is 4.81 Å². The first-order valence-corrected chi connectivity index (χ1v) is 15.3. The van der Waals surface area contributed by atoms with Crippen molar-refractivity contribution in [3.05, 3.63) is 170 Å². The van der Waals surface area contributed by atoms with Gasteiger partial charge in [-0.2, -0.15) is 0 Å². The number of hydrogen-bond donors (Lipinski definition) is 0. The second-order valence-corrected chi connectivity index (χ2v) is 11.7. The van der Waals surface area contributed by atoms with Gasteiger partial charge in [-0.3, -0.25) is 0 Å². The zero-order valence-electron chi connectivity index (χ0n) is 24.2. The molecule has 0 aliphatic carbocycles. The summed E-state index contributed by atoms with van der Waals surface area (Å²) in [6, 6.07) is 62.2. The monoisotopic (exact) mass is 557 g/mol. The van der Waals surface area contributed by atoms with Gasteiger partial charge in [0, 0.05) is 22.5 Å². The van der Waals surface area contributed by atoms with Crippen LogP contribution in [0.1, 0.15) is 0 Å². The normalized spacial score (nSPS) is 12.5. The summed E-state index contributed by atoms with van der Waals surface area (Å²) in [5.41, 5.74) is 17.7. The van der Waals surface area contributed by atoms with Crippen LogP contribution in [0.15, 0.2) is 170 Å². The average molecular weight is 558 g/mol. The molecule has 0 saturated carbocycles. The molecule has 44 heavy (non-hydrogen) atoms. The summed E-state index contributed by atoms with van der Waals surface area (Å²) in [5, 5.41) is 0. The highest BCUT2D eigenvalue weighted by atomic mass is 15.1. The molecule has 0 saturated heterocycles. The van der Waals surface area contributed by atoms with Gasteiger partial charge in [0.25, 0.3) is 0 Å². The SMILES string of the molecule is c1ccc(-c2cc(-c3ccccc3)cc(-c3ccc4c(c3)-c3ccccc3B3c5ccccc5-c5ccccc5N34)c2)cc1. The molecule has 1 nitrogen and oxygen atoms in total. The van der Waals surface area contributed by atoms with Crippen molar-refractivity contribution in [1.29, 1.82) is 0 Å². The van der Waals surface area contributed by atoms with Crippen LogP contribution in [0.25, 0.3) is 55.6 Å². The van der Waals surface area contributed by atoms with Crippen LogP contribution < -0.4 is 15.7 Å². The van der Waals surface area contributed by atoms with Gasteiger partial charge >= 0.3 is 6.85 Å². The molecule has 0 amide bonds. The molecule has 2 heterocycles. The van der Waals surface area contributed by atoms with Gasteiger partial charge in [0.2, 0.25) is 0 Å². The first-order valence-electron chi connectivity index (χ1n) is 15.3. The van der Waals surface area contributed by atoms with E-state index >= 15 is 0 Å². The lowest BCUT2D eigenvalue weighted by molar-refractivity contribution is 1.35. The second kappa shape index (κ2) is 10.0. The maximum Gasteiger partial charge on any atom is 0.329 e. The van der Waals surface area contributed by atoms with Crippen LogP contribution in [0, 0.1) is 0 Å². The third-order valence-electron chi connectivity index (χ3n) is 9.25. The Bertz CT molecular complexity index is 2130. The number of rotatable bonds is 3. The van der Waals surface area contributed by atoms with Gasteiger partial charge in [-0.15, -0.1) is 0 Å². The lowest BCUT2D eigenvalue weighted by atomic mass is 9.43. The average Bonchev–Trinajstić information content (AvgIpc) is 3.12. The lowest BCUT2D eigenvalue weighted by Gasteiger charge is -2.43. The van der Waals surface area contributed by atoms with E-state index < -0.39 is 0 Å². The quantitative estimate of drug-likeness (QED) is 0.196. The minimum atomic E-state index is 0.127. The zero-order valence-corrected chi connectivity index (χ0v) is 24.2. The summed E-state index contributed by atoms with van der Waals surface area (Å²) in [5.74, 6) is 0. The fourth-order valence-electron chi connectivity index (χ4n) is 7.26. The van der Waals surface area contributed by atoms with Gasteiger partial charge in [0.1, 0.15) is 0 Å². The molecule has 0 spiro atoms. The molecule has 0 fully saturated rings. The molecule has 2 aliphatic heterocycles. The summed E-state index contributed by atoms with van der Waals surface area (Å²) < 4.78 is 0. The van der Waals surface area contributed by atoms with Crippen molar-refractivity contribution in [2.75, 3.05) is 4.81 Å². The van der Waals surface area contributed by atoms with Crippen LogP contribution in [0.4, 0.5) is 11.4 Å². The Morgan fingerprint density at radius 1 is 0.295 bits per heavy atom. The molecule has 0 bridgehead atoms. The largest absolute Gasteiger partial charge is 0.376 e. The number of para-hydroxylation sites is 1. The Morgan fingerprint density at radius 3 is 1.36 bits per heavy atom. The predicted octanol–water partition coefficient (Wildman–Crippen LogP) is 9.59. The second-order valence-electron chi connectivity index (χ2n) is 11.7. The van der Waals surface area contributed by atoms with Crippen molar-refractivity contribution in [2.45, 2.75) is 0 Å². The van der Waals surface area contributed by atoms with E-state index in [9.17, 15) is 0 Å². The maximum absolute atomic E-state index is 2.56. The van der Waals surface area contributed by atoms with Crippen LogP contribution in [-0.4, -0.2) is 6.85 Å². The van der Waals surface area contributed by atoms with E-state index in [2.05, 4.69) is 175 Å². The maximum atomic E-state index is 2.56. The molecule has 204 valence electrons. The van der Waals surface area contributed by atoms with Crippen LogP contribution in [0.2, 0.25) is 0 Å². The minimum absolute atomic E-state index is 0.127. The van der Waals surface area contributed by atoms with E-state index in [1.165, 1.54) is 77.9 Å². The molecular formula is C42H28BN.